The van der Waals surface area contributed by atoms with E-state index in [0.29, 0.717) is 18.2 Å². The molecule has 1 aliphatic carbocycles. The molecule has 2 aromatic carbocycles. The summed E-state index contributed by atoms with van der Waals surface area (Å²) in [6.07, 6.45) is 2.78. The number of ketones is 1. The minimum Gasteiger partial charge on any atom is -0.360 e. The van der Waals surface area contributed by atoms with Crippen molar-refractivity contribution in [1.29, 1.82) is 0 Å². The molecule has 3 fully saturated rings. The topological polar surface area (TPSA) is 20.3 Å². The zero-order valence-electron chi connectivity index (χ0n) is 12.3. The highest BCUT2D eigenvalue weighted by molar-refractivity contribution is 6.30. The monoisotopic (exact) mass is 311 g/mol. The molecule has 0 aromatic heterocycles. The third-order valence-corrected chi connectivity index (χ3v) is 5.25. The summed E-state index contributed by atoms with van der Waals surface area (Å²) in [5, 5.41) is 0.748. The van der Waals surface area contributed by atoms with Crippen molar-refractivity contribution in [2.24, 2.45) is 5.92 Å². The van der Waals surface area contributed by atoms with E-state index < -0.39 is 0 Å². The number of nitrogens with zero attached hydrogens (tertiary/aromatic N) is 1. The molecular formula is C19H18ClNO. The minimum absolute atomic E-state index is 0.114. The molecule has 2 nitrogen and oxygen atoms in total. The van der Waals surface area contributed by atoms with Crippen molar-refractivity contribution in [3.8, 4) is 0 Å². The van der Waals surface area contributed by atoms with Gasteiger partial charge in [-0.05, 0) is 42.7 Å². The molecule has 0 amide bonds. The van der Waals surface area contributed by atoms with E-state index in [1.807, 2.05) is 18.2 Å². The quantitative estimate of drug-likeness (QED) is 0.805. The molecule has 22 heavy (non-hydrogen) atoms. The van der Waals surface area contributed by atoms with E-state index in [1.54, 1.807) is 0 Å². The van der Waals surface area contributed by atoms with Crippen LogP contribution in [-0.2, 0) is 4.79 Å². The van der Waals surface area contributed by atoms with Gasteiger partial charge in [-0.2, -0.15) is 0 Å². The van der Waals surface area contributed by atoms with Crippen LogP contribution in [0.2, 0.25) is 5.02 Å². The molecule has 2 bridgehead atoms. The van der Waals surface area contributed by atoms with E-state index >= 15 is 0 Å². The van der Waals surface area contributed by atoms with E-state index in [2.05, 4.69) is 41.3 Å². The Balaban J connectivity index is 1.80. The van der Waals surface area contributed by atoms with Gasteiger partial charge in [-0.3, -0.25) is 4.79 Å². The molecule has 3 heteroatoms. The molecule has 5 rings (SSSR count). The summed E-state index contributed by atoms with van der Waals surface area (Å²) in [5.41, 5.74) is 2.40. The molecule has 2 saturated heterocycles. The van der Waals surface area contributed by atoms with E-state index in [9.17, 15) is 4.79 Å². The van der Waals surface area contributed by atoms with Crippen molar-refractivity contribution in [2.75, 3.05) is 4.90 Å². The van der Waals surface area contributed by atoms with Crippen LogP contribution in [-0.4, -0.2) is 11.8 Å². The van der Waals surface area contributed by atoms with Gasteiger partial charge in [-0.1, -0.05) is 41.9 Å². The lowest BCUT2D eigenvalue weighted by Gasteiger charge is -2.52. The first-order valence-corrected chi connectivity index (χ1v) is 8.23. The van der Waals surface area contributed by atoms with Gasteiger partial charge in [0.1, 0.15) is 5.78 Å². The fraction of sp³-hybridized carbons (Fsp3) is 0.316. The summed E-state index contributed by atoms with van der Waals surface area (Å²) in [6, 6.07) is 18.9. The Morgan fingerprint density at radius 1 is 0.955 bits per heavy atom. The van der Waals surface area contributed by atoms with Crippen LogP contribution in [0.4, 0.5) is 5.69 Å². The Kier molecular flexibility index (Phi) is 3.42. The first-order chi connectivity index (χ1) is 10.7. The lowest BCUT2D eigenvalue weighted by molar-refractivity contribution is -0.128. The highest BCUT2D eigenvalue weighted by Gasteiger charge is 2.47. The molecule has 0 radical (unpaired) electrons. The molecule has 0 N–H and O–H groups in total. The molecule has 2 aromatic rings. The van der Waals surface area contributed by atoms with Crippen molar-refractivity contribution >= 4 is 23.1 Å². The maximum atomic E-state index is 12.4. The van der Waals surface area contributed by atoms with Crippen LogP contribution in [0.25, 0.3) is 0 Å². The number of fused-ring (bicyclic) bond motifs is 3. The lowest BCUT2D eigenvalue weighted by atomic mass is 9.71. The van der Waals surface area contributed by atoms with Crippen LogP contribution in [0.15, 0.2) is 54.6 Å². The van der Waals surface area contributed by atoms with Gasteiger partial charge in [-0.25, -0.2) is 0 Å². The summed E-state index contributed by atoms with van der Waals surface area (Å²) in [4.78, 5) is 14.9. The van der Waals surface area contributed by atoms with Crippen LogP contribution in [0.3, 0.4) is 0 Å². The van der Waals surface area contributed by atoms with Crippen LogP contribution < -0.4 is 4.90 Å². The summed E-state index contributed by atoms with van der Waals surface area (Å²) < 4.78 is 0. The number of Topliss-reactive ketones (excluding diaryl/α,β-unsaturated/α-hetero) is 1. The summed E-state index contributed by atoms with van der Waals surface area (Å²) >= 11 is 6.03. The Bertz CT molecular complexity index is 682. The Morgan fingerprint density at radius 3 is 2.36 bits per heavy atom. The number of anilines is 1. The number of carbonyl (C=O) groups excluding carboxylic acids is 1. The summed E-state index contributed by atoms with van der Waals surface area (Å²) in [6.45, 7) is 0. The maximum Gasteiger partial charge on any atom is 0.140 e. The van der Waals surface area contributed by atoms with Crippen molar-refractivity contribution < 1.29 is 4.79 Å². The zero-order valence-corrected chi connectivity index (χ0v) is 13.0. The van der Waals surface area contributed by atoms with Gasteiger partial charge in [0.2, 0.25) is 0 Å². The number of hydrogen-bond acceptors (Lipinski definition) is 2. The fourth-order valence-electron chi connectivity index (χ4n) is 4.04. The van der Waals surface area contributed by atoms with Gasteiger partial charge < -0.3 is 4.90 Å². The molecule has 0 unspecified atom stereocenters. The minimum atomic E-state index is 0.114. The largest absolute Gasteiger partial charge is 0.360 e. The van der Waals surface area contributed by atoms with Crippen molar-refractivity contribution in [2.45, 2.75) is 31.3 Å². The summed E-state index contributed by atoms with van der Waals surface area (Å²) in [5.74, 6) is 0.540. The average Bonchev–Trinajstić information content (AvgIpc) is 2.56. The first-order valence-electron chi connectivity index (χ1n) is 7.85. The second kappa shape index (κ2) is 5.44. The lowest BCUT2D eigenvalue weighted by Crippen LogP contribution is -2.54. The number of piperidine rings is 2. The fourth-order valence-corrected chi connectivity index (χ4v) is 4.16. The van der Waals surface area contributed by atoms with Crippen LogP contribution >= 0.6 is 11.6 Å². The highest BCUT2D eigenvalue weighted by atomic mass is 35.5. The van der Waals surface area contributed by atoms with Crippen LogP contribution in [0, 0.1) is 5.92 Å². The van der Waals surface area contributed by atoms with Crippen molar-refractivity contribution in [3.05, 3.63) is 65.2 Å². The van der Waals surface area contributed by atoms with E-state index in [-0.39, 0.29) is 12.0 Å². The first kappa shape index (κ1) is 13.8. The third-order valence-electron chi connectivity index (χ3n) is 5.00. The Morgan fingerprint density at radius 2 is 1.68 bits per heavy atom. The number of hydrogen-bond donors (Lipinski definition) is 0. The van der Waals surface area contributed by atoms with Crippen LogP contribution in [0.1, 0.15) is 30.9 Å². The van der Waals surface area contributed by atoms with Gasteiger partial charge in [0.25, 0.3) is 0 Å². The summed E-state index contributed by atoms with van der Waals surface area (Å²) in [7, 11) is 0. The average molecular weight is 312 g/mol. The van der Waals surface area contributed by atoms with E-state index in [0.717, 1.165) is 17.9 Å². The van der Waals surface area contributed by atoms with Gasteiger partial charge >= 0.3 is 0 Å². The number of rotatable bonds is 2. The highest BCUT2D eigenvalue weighted by Crippen LogP contribution is 2.47. The predicted molar refractivity (Wildman–Crippen MR) is 89.3 cm³/mol. The van der Waals surface area contributed by atoms with Gasteiger partial charge in [-0.15, -0.1) is 0 Å². The molecule has 2 heterocycles. The molecular weight excluding hydrogens is 294 g/mol. The van der Waals surface area contributed by atoms with Gasteiger partial charge in [0.15, 0.2) is 0 Å². The smallest absolute Gasteiger partial charge is 0.140 e. The molecule has 1 saturated carbocycles. The number of benzene rings is 2. The molecule has 3 atom stereocenters. The molecule has 0 spiro atoms. The molecule has 2 aliphatic heterocycles. The predicted octanol–water partition coefficient (Wildman–Crippen LogP) is 4.64. The van der Waals surface area contributed by atoms with Crippen molar-refractivity contribution in [3.63, 3.8) is 0 Å². The normalized spacial score (nSPS) is 27.2. The van der Waals surface area contributed by atoms with Crippen LogP contribution in [0.5, 0.6) is 0 Å². The van der Waals surface area contributed by atoms with Gasteiger partial charge in [0.05, 0.1) is 6.04 Å². The van der Waals surface area contributed by atoms with Gasteiger partial charge in [0, 0.05) is 29.1 Å². The van der Waals surface area contributed by atoms with E-state index in [1.165, 1.54) is 11.3 Å². The third kappa shape index (κ3) is 2.22. The van der Waals surface area contributed by atoms with Crippen molar-refractivity contribution in [1.82, 2.24) is 0 Å². The second-order valence-corrected chi connectivity index (χ2v) is 6.68. The van der Waals surface area contributed by atoms with E-state index in [4.69, 9.17) is 11.6 Å². The number of halogens is 1. The Labute approximate surface area is 135 Å². The molecule has 112 valence electrons. The second-order valence-electron chi connectivity index (χ2n) is 6.25. The standard InChI is InChI=1S/C19H18ClNO/c20-14-6-8-15(9-7-14)21-16-10-11-17(18(22)12-16)19(21)13-4-2-1-3-5-13/h1-9,16-17,19H,10-12H2/t16-,17+,19-/m0/s1. The SMILES string of the molecule is O=C1C[C@@H]2CC[C@H]1[C@H](c1ccccc1)N2c1ccc(Cl)cc1. The zero-order chi connectivity index (χ0) is 15.1. The number of carbonyl (C=O) groups is 1. The molecule has 3 aliphatic rings. The Hall–Kier alpha value is -1.80. The maximum absolute atomic E-state index is 12.4.